The molecule has 0 aliphatic carbocycles. The van der Waals surface area contributed by atoms with Gasteiger partial charge < -0.3 is 45.1 Å². The third kappa shape index (κ3) is 35.5. The first kappa shape index (κ1) is 65.4. The summed E-state index contributed by atoms with van der Waals surface area (Å²) in [7, 11) is 0. The van der Waals surface area contributed by atoms with Gasteiger partial charge in [0.15, 0.2) is 12.4 Å². The number of esters is 1. The van der Waals surface area contributed by atoms with E-state index in [1.165, 1.54) is 77.0 Å². The van der Waals surface area contributed by atoms with Gasteiger partial charge in [-0.3, -0.25) is 9.59 Å². The molecule has 8 atom stereocenters. The van der Waals surface area contributed by atoms with E-state index in [0.29, 0.717) is 12.8 Å². The maximum atomic E-state index is 13.4. The molecule has 70 heavy (non-hydrogen) atoms. The first-order chi connectivity index (χ1) is 34.2. The van der Waals surface area contributed by atoms with E-state index in [9.17, 15) is 35.1 Å². The van der Waals surface area contributed by atoms with Gasteiger partial charge in [-0.25, -0.2) is 0 Å². The second-order valence-electron chi connectivity index (χ2n) is 19.7. The van der Waals surface area contributed by atoms with Crippen LogP contribution in [0, 0.1) is 0 Å². The lowest BCUT2D eigenvalue weighted by atomic mass is 9.99. The zero-order valence-electron chi connectivity index (χ0n) is 44.6. The molecule has 1 rings (SSSR count). The van der Waals surface area contributed by atoms with E-state index in [4.69, 9.17) is 14.2 Å². The number of aliphatic hydroxyl groups is 5. The molecule has 1 aliphatic rings. The monoisotopic (exact) mass is 988 g/mol. The molecule has 406 valence electrons. The quantitative estimate of drug-likeness (QED) is 0.0149. The van der Waals surface area contributed by atoms with Crippen LogP contribution in [-0.4, -0.2) is 99.6 Å². The van der Waals surface area contributed by atoms with Crippen LogP contribution in [0.2, 0.25) is 0 Å². The van der Waals surface area contributed by atoms with Crippen LogP contribution in [0.25, 0.3) is 0 Å². The van der Waals surface area contributed by atoms with E-state index in [1.54, 1.807) is 6.08 Å². The molecule has 1 heterocycles. The Bertz CT molecular complexity index is 1370. The van der Waals surface area contributed by atoms with Crippen molar-refractivity contribution in [2.24, 2.45) is 0 Å². The summed E-state index contributed by atoms with van der Waals surface area (Å²) in [4.78, 5) is 26.4. The first-order valence-electron chi connectivity index (χ1n) is 28.6. The molecule has 1 aliphatic heterocycles. The number of carbonyl (C=O) groups excluding carboxylic acids is 2. The summed E-state index contributed by atoms with van der Waals surface area (Å²) in [6.45, 7) is 5.63. The highest BCUT2D eigenvalue weighted by Gasteiger charge is 2.47. The van der Waals surface area contributed by atoms with Gasteiger partial charge in [0, 0.05) is 6.42 Å². The van der Waals surface area contributed by atoms with Gasteiger partial charge in [-0.15, -0.1) is 0 Å². The van der Waals surface area contributed by atoms with Crippen molar-refractivity contribution in [3.05, 3.63) is 60.8 Å². The SMILES string of the molecule is CC/C=C/C/C=C/CCCCCCCCC(O)C(=O)NC(COC1OC(CO)C(O)C(O)C1OC(=O)CCCCCCCC/C=C/C=C/CCCCC)C(O)/C=C/CCCCCCCCCCCCC. The second-order valence-corrected chi connectivity index (χ2v) is 19.7. The molecular weight excluding hydrogens is 883 g/mol. The summed E-state index contributed by atoms with van der Waals surface area (Å²) in [5.41, 5.74) is 0. The Morgan fingerprint density at radius 2 is 1.07 bits per heavy atom. The highest BCUT2D eigenvalue weighted by Crippen LogP contribution is 2.26. The van der Waals surface area contributed by atoms with Crippen molar-refractivity contribution >= 4 is 11.9 Å². The van der Waals surface area contributed by atoms with Gasteiger partial charge >= 0.3 is 5.97 Å². The van der Waals surface area contributed by atoms with Crippen molar-refractivity contribution in [3.63, 3.8) is 0 Å². The van der Waals surface area contributed by atoms with Crippen LogP contribution in [0.5, 0.6) is 0 Å². The average Bonchev–Trinajstić information content (AvgIpc) is 3.36. The van der Waals surface area contributed by atoms with E-state index in [2.05, 4.69) is 74.7 Å². The van der Waals surface area contributed by atoms with E-state index in [0.717, 1.165) is 116 Å². The fourth-order valence-corrected chi connectivity index (χ4v) is 8.62. The average molecular weight is 988 g/mol. The first-order valence-corrected chi connectivity index (χ1v) is 28.6. The summed E-state index contributed by atoms with van der Waals surface area (Å²) >= 11 is 0. The van der Waals surface area contributed by atoms with Gasteiger partial charge in [0.25, 0.3) is 0 Å². The lowest BCUT2D eigenvalue weighted by Gasteiger charge is -2.41. The molecule has 1 fully saturated rings. The van der Waals surface area contributed by atoms with Crippen molar-refractivity contribution in [2.75, 3.05) is 13.2 Å². The van der Waals surface area contributed by atoms with Crippen LogP contribution in [0.3, 0.4) is 0 Å². The molecule has 11 nitrogen and oxygen atoms in total. The lowest BCUT2D eigenvalue weighted by molar-refractivity contribution is -0.305. The summed E-state index contributed by atoms with van der Waals surface area (Å²) in [5, 5.41) is 56.8. The van der Waals surface area contributed by atoms with Crippen molar-refractivity contribution < 1.29 is 49.3 Å². The van der Waals surface area contributed by atoms with Crippen molar-refractivity contribution in [1.82, 2.24) is 5.32 Å². The highest BCUT2D eigenvalue weighted by molar-refractivity contribution is 5.80. The predicted molar refractivity (Wildman–Crippen MR) is 287 cm³/mol. The van der Waals surface area contributed by atoms with E-state index in [1.807, 2.05) is 6.08 Å². The van der Waals surface area contributed by atoms with Crippen molar-refractivity contribution in [1.29, 1.82) is 0 Å². The molecule has 0 aromatic heterocycles. The van der Waals surface area contributed by atoms with Gasteiger partial charge in [0.1, 0.15) is 24.4 Å². The highest BCUT2D eigenvalue weighted by atomic mass is 16.7. The van der Waals surface area contributed by atoms with E-state index in [-0.39, 0.29) is 19.4 Å². The molecule has 0 aromatic carbocycles. The fraction of sp³-hybridized carbons (Fsp3) is 0.797. The Kier molecular flexibility index (Phi) is 44.2. The molecule has 0 spiro atoms. The zero-order chi connectivity index (χ0) is 51.1. The molecule has 1 saturated heterocycles. The fourth-order valence-electron chi connectivity index (χ4n) is 8.62. The van der Waals surface area contributed by atoms with Gasteiger partial charge in [0.2, 0.25) is 5.91 Å². The number of rotatable bonds is 47. The minimum atomic E-state index is -1.62. The van der Waals surface area contributed by atoms with Gasteiger partial charge in [-0.05, 0) is 77.0 Å². The van der Waals surface area contributed by atoms with Crippen LogP contribution in [-0.2, 0) is 23.8 Å². The van der Waals surface area contributed by atoms with Gasteiger partial charge in [0.05, 0.1) is 25.4 Å². The third-order valence-electron chi connectivity index (χ3n) is 13.2. The van der Waals surface area contributed by atoms with Crippen LogP contribution in [0.1, 0.15) is 239 Å². The number of aliphatic hydroxyl groups excluding tert-OH is 5. The summed E-state index contributed by atoms with van der Waals surface area (Å²) in [5.74, 6) is -1.22. The molecule has 6 N–H and O–H groups in total. The predicted octanol–water partition coefficient (Wildman–Crippen LogP) is 12.7. The molecule has 1 amide bonds. The van der Waals surface area contributed by atoms with E-state index < -0.39 is 67.4 Å². The van der Waals surface area contributed by atoms with Crippen LogP contribution in [0.15, 0.2) is 60.8 Å². The number of hydrogen-bond acceptors (Lipinski definition) is 10. The standard InChI is InChI=1S/C59H105NO10/c1-4-7-10-13-16-19-22-25-26-29-32-35-38-41-44-47-54(64)70-57-56(66)55(65)53(48-61)69-59(57)68-49-50(51(62)45-42-39-36-33-30-27-23-20-17-14-11-8-5-2)60-58(67)52(63)46-43-40-37-34-31-28-24-21-18-15-12-9-6-3/h9,12,16,18-19,21-22,25,42,45,50-53,55-57,59,61-63,65-66H,4-8,10-11,13-15,17,20,23-24,26-41,43-44,46-49H2,1-3H3,(H,60,67)/b12-9+,19-16+,21-18+,25-22+,45-42+. The maximum Gasteiger partial charge on any atom is 0.306 e. The summed E-state index contributed by atoms with van der Waals surface area (Å²) in [6, 6.07) is -1.03. The number of hydrogen-bond donors (Lipinski definition) is 6. The Morgan fingerprint density at radius 1 is 0.586 bits per heavy atom. The molecule has 0 radical (unpaired) electrons. The second kappa shape index (κ2) is 47.4. The lowest BCUT2D eigenvalue weighted by Crippen LogP contribution is -2.61. The minimum absolute atomic E-state index is 0.108. The number of amides is 1. The largest absolute Gasteiger partial charge is 0.454 e. The number of carbonyl (C=O) groups is 2. The van der Waals surface area contributed by atoms with Crippen LogP contribution in [0.4, 0.5) is 0 Å². The topological polar surface area (TPSA) is 175 Å². The number of nitrogens with one attached hydrogen (secondary N) is 1. The van der Waals surface area contributed by atoms with Gasteiger partial charge in [-0.2, -0.15) is 0 Å². The van der Waals surface area contributed by atoms with Crippen LogP contribution < -0.4 is 5.32 Å². The molecule has 0 saturated carbocycles. The molecular formula is C59H105NO10. The number of unbranched alkanes of at least 4 members (excludes halogenated alkanes) is 26. The summed E-state index contributed by atoms with van der Waals surface area (Å²) < 4.78 is 17.6. The smallest absolute Gasteiger partial charge is 0.306 e. The normalized spacial score (nSPS) is 20.1. The molecule has 11 heteroatoms. The number of allylic oxidation sites excluding steroid dienone is 9. The van der Waals surface area contributed by atoms with Crippen LogP contribution >= 0.6 is 0 Å². The maximum absolute atomic E-state index is 13.4. The summed E-state index contributed by atoms with van der Waals surface area (Å²) in [6.07, 6.45) is 46.9. The Morgan fingerprint density at radius 3 is 1.64 bits per heavy atom. The zero-order valence-corrected chi connectivity index (χ0v) is 44.6. The van der Waals surface area contributed by atoms with Gasteiger partial charge in [-0.1, -0.05) is 216 Å². The van der Waals surface area contributed by atoms with Crippen molar-refractivity contribution in [2.45, 2.75) is 288 Å². The third-order valence-corrected chi connectivity index (χ3v) is 13.2. The Hall–Kier alpha value is -2.64. The van der Waals surface area contributed by atoms with Crippen molar-refractivity contribution in [3.8, 4) is 0 Å². The Labute approximate surface area is 427 Å². The van der Waals surface area contributed by atoms with E-state index >= 15 is 0 Å². The Balaban J connectivity index is 2.76. The number of ether oxygens (including phenoxy) is 3. The minimum Gasteiger partial charge on any atom is -0.454 e. The molecule has 0 bridgehead atoms. The molecule has 0 aromatic rings. The molecule has 8 unspecified atom stereocenters.